The number of carbonyl (C=O) groups excluding carboxylic acids is 5. The van der Waals surface area contributed by atoms with Crippen molar-refractivity contribution in [3.05, 3.63) is 358 Å². The van der Waals surface area contributed by atoms with Crippen molar-refractivity contribution in [1.29, 1.82) is 0 Å². The standard InChI is InChI=1S/C21H24FN3O3S.2C21H24FN3O2S.2C20H22FN3O2S/c1-27-13-14-28-20(26)25-21(11-6-12-23,17-8-3-2-4-9-17)29-19(24-25)16-7-5-10-18(22)15-16;2*1-15(27-2)20(26)25-21(12-7-13-23,17-9-4-3-5-10-17)28-19(24-25)16-8-6-11-18(22)14-16;2*1-14(25)19(26)24-20(11-6-12-22,16-8-3-2-4-9-16)27-18(23-24)15-7-5-10-17(21)13-15/h2-5,7-10,15H,6,11-14,23H2,1H3;2*3-6,8-11,14-15H,7,12-13,23H2,1-2H3;2*2-5,7-10,13-14,25H,6,11-12,22H2,1H3/t;15-,21?;15-,21-;2*14-,20?/m.1011/s1. The van der Waals surface area contributed by atoms with Gasteiger partial charge in [-0.15, -0.1) is 0 Å². The number of carbonyl (C=O) groups is 5. The van der Waals surface area contributed by atoms with Crippen molar-refractivity contribution in [3.63, 3.8) is 0 Å². The fraction of sp³-hybridized carbons (Fsp3) is 0.320. The molecule has 0 bridgehead atoms. The molecule has 5 heterocycles. The highest BCUT2D eigenvalue weighted by molar-refractivity contribution is 8.16. The van der Waals surface area contributed by atoms with Crippen LogP contribution in [0.4, 0.5) is 26.7 Å². The Hall–Kier alpha value is -11.3. The third-order valence-electron chi connectivity index (χ3n) is 22.7. The van der Waals surface area contributed by atoms with E-state index in [9.17, 15) is 56.1 Å². The van der Waals surface area contributed by atoms with E-state index in [1.54, 1.807) is 74.5 Å². The van der Waals surface area contributed by atoms with Crippen LogP contribution in [0, 0.1) is 29.1 Å². The molecule has 5 aliphatic rings. The summed E-state index contributed by atoms with van der Waals surface area (Å²) in [6, 6.07) is 79.1. The van der Waals surface area contributed by atoms with E-state index in [1.807, 2.05) is 152 Å². The number of amides is 5. The van der Waals surface area contributed by atoms with Gasteiger partial charge in [0.25, 0.3) is 23.6 Å². The molecule has 15 rings (SSSR count). The Morgan fingerprint density at radius 3 is 0.712 bits per heavy atom. The monoisotopic (exact) mass is 1990 g/mol. The molecule has 5 amide bonds. The van der Waals surface area contributed by atoms with Crippen LogP contribution in [0.1, 0.15) is 148 Å². The highest BCUT2D eigenvalue weighted by Gasteiger charge is 2.55. The number of ether oxygens (including phenoxy) is 4. The van der Waals surface area contributed by atoms with Crippen LogP contribution in [0.15, 0.2) is 298 Å². The highest BCUT2D eigenvalue weighted by atomic mass is 32.2. The summed E-state index contributed by atoms with van der Waals surface area (Å²) >= 11 is 7.10. The summed E-state index contributed by atoms with van der Waals surface area (Å²) in [7, 11) is 4.52. The molecule has 0 saturated carbocycles. The van der Waals surface area contributed by atoms with Crippen LogP contribution in [-0.2, 0) is 62.5 Å². The first-order chi connectivity index (χ1) is 67.1. The molecule has 0 radical (unpaired) electrons. The summed E-state index contributed by atoms with van der Waals surface area (Å²) in [6.45, 7) is 9.00. The van der Waals surface area contributed by atoms with Gasteiger partial charge in [-0.2, -0.15) is 30.5 Å². The molecule has 10 aromatic carbocycles. The summed E-state index contributed by atoms with van der Waals surface area (Å²) in [6.07, 6.45) is 2.02. The van der Waals surface area contributed by atoms with Crippen molar-refractivity contribution in [3.8, 4) is 0 Å². The molecule has 36 heteroatoms. The highest BCUT2D eigenvalue weighted by Crippen LogP contribution is 2.56. The van der Waals surface area contributed by atoms with Gasteiger partial charge in [0.1, 0.15) is 110 Å². The fourth-order valence-corrected chi connectivity index (χ4v) is 22.6. The van der Waals surface area contributed by atoms with Crippen molar-refractivity contribution in [2.75, 3.05) is 67.3 Å². The Morgan fingerprint density at radius 1 is 0.309 bits per heavy atom. The van der Waals surface area contributed by atoms with E-state index in [0.717, 1.165) is 27.8 Å². The lowest BCUT2D eigenvalue weighted by Gasteiger charge is -2.36. The zero-order chi connectivity index (χ0) is 99.9. The molecule has 12 N–H and O–H groups in total. The summed E-state index contributed by atoms with van der Waals surface area (Å²) < 4.78 is 89.7. The molecule has 0 spiro atoms. The molecule has 9 atom stereocenters. The largest absolute Gasteiger partial charge is 0.446 e. The average Bonchev–Trinajstić information content (AvgIpc) is 1.98. The van der Waals surface area contributed by atoms with E-state index >= 15 is 0 Å². The topological polar surface area (TPSA) is 371 Å². The van der Waals surface area contributed by atoms with Crippen molar-refractivity contribution in [2.45, 2.75) is 141 Å². The molecule has 139 heavy (non-hydrogen) atoms. The number of hydrazone groups is 5. The molecule has 26 nitrogen and oxygen atoms in total. The predicted octanol–water partition coefficient (Wildman–Crippen LogP) is 17.4. The Morgan fingerprint density at radius 2 is 0.518 bits per heavy atom. The Kier molecular flexibility index (Phi) is 40.2. The number of aliphatic hydroxyl groups is 2. The molecular weight excluding hydrogens is 1880 g/mol. The number of thioether (sulfide) groups is 5. The van der Waals surface area contributed by atoms with E-state index < -0.39 is 66.7 Å². The van der Waals surface area contributed by atoms with Crippen molar-refractivity contribution in [2.24, 2.45) is 54.2 Å². The summed E-state index contributed by atoms with van der Waals surface area (Å²) in [5, 5.41) is 52.5. The minimum absolute atomic E-state index is 0.114. The van der Waals surface area contributed by atoms with Crippen LogP contribution in [0.5, 0.6) is 0 Å². The maximum Gasteiger partial charge on any atom is 0.432 e. The first kappa shape index (κ1) is 108. The predicted molar refractivity (Wildman–Crippen MR) is 543 cm³/mol. The Balaban J connectivity index is 0.000000166. The summed E-state index contributed by atoms with van der Waals surface area (Å²) in [4.78, 5) is 60.8. The number of halogens is 5. The lowest BCUT2D eigenvalue weighted by Crippen LogP contribution is -2.46. The van der Waals surface area contributed by atoms with E-state index in [4.69, 9.17) is 47.6 Å². The van der Waals surface area contributed by atoms with Crippen LogP contribution in [0.25, 0.3) is 0 Å². The third kappa shape index (κ3) is 26.3. The van der Waals surface area contributed by atoms with Crippen LogP contribution in [0.3, 0.4) is 0 Å². The van der Waals surface area contributed by atoms with Gasteiger partial charge in [-0.05, 0) is 213 Å². The van der Waals surface area contributed by atoms with E-state index in [2.05, 4.69) is 25.5 Å². The first-order valence-corrected chi connectivity index (χ1v) is 49.4. The minimum Gasteiger partial charge on any atom is -0.446 e. The molecular formula is C103H116F5N15O11S5. The van der Waals surface area contributed by atoms with E-state index in [1.165, 1.54) is 180 Å². The molecule has 0 aromatic heterocycles. The Labute approximate surface area is 828 Å². The zero-order valence-electron chi connectivity index (χ0n) is 78.2. The van der Waals surface area contributed by atoms with E-state index in [-0.39, 0.29) is 54.1 Å². The maximum absolute atomic E-state index is 13.8. The van der Waals surface area contributed by atoms with Gasteiger partial charge >= 0.3 is 6.09 Å². The zero-order valence-corrected chi connectivity index (χ0v) is 82.3. The van der Waals surface area contributed by atoms with Crippen LogP contribution in [0.2, 0.25) is 0 Å². The number of hydrogen-bond donors (Lipinski definition) is 7. The molecule has 4 unspecified atom stereocenters. The average molecular weight is 2000 g/mol. The first-order valence-electron chi connectivity index (χ1n) is 45.3. The number of nitrogens with zero attached hydrogens (tertiary/aromatic N) is 10. The Bertz CT molecular complexity index is 5640. The lowest BCUT2D eigenvalue weighted by molar-refractivity contribution is -0.145. The molecule has 734 valence electrons. The van der Waals surface area contributed by atoms with Crippen molar-refractivity contribution in [1.82, 2.24) is 25.0 Å². The van der Waals surface area contributed by atoms with Gasteiger partial charge in [-0.25, -0.2) is 46.8 Å². The van der Waals surface area contributed by atoms with Gasteiger partial charge in [0.2, 0.25) is 0 Å². The van der Waals surface area contributed by atoms with Crippen LogP contribution in [-0.4, -0.2) is 182 Å². The minimum atomic E-state index is -1.21. The van der Waals surface area contributed by atoms with Gasteiger partial charge in [-0.3, -0.25) is 19.2 Å². The van der Waals surface area contributed by atoms with Gasteiger partial charge < -0.3 is 57.8 Å². The second kappa shape index (κ2) is 51.7. The number of methoxy groups -OCH3 is 3. The van der Waals surface area contributed by atoms with Crippen molar-refractivity contribution < 1.29 is 75.1 Å². The SMILES string of the molecule is COCCOC(=O)N1N=C(c2cccc(F)c2)SC1(CCCN)c1ccccc1.CO[C@@H](C)C(=O)N1N=C(c2cccc(F)c2)S[C@@]1(CCCN)c1ccccc1.CO[C@H](C)C(=O)N1N=C(c2cccc(F)c2)SC1(CCCN)c1ccccc1.C[C@@H](O)C(=O)N1N=C(c2cccc(F)c2)SC1(CCCN)c1ccccc1.C[C@@H](O)C(=O)N1N=C(c2cccc(F)c2)SC1(CCCN)c1ccccc1. The molecule has 0 saturated heterocycles. The molecule has 10 aromatic rings. The second-order valence-corrected chi connectivity index (χ2v) is 38.8. The van der Waals surface area contributed by atoms with Gasteiger partial charge in [0, 0.05) is 49.1 Å². The number of hydrogen-bond acceptors (Lipinski definition) is 26. The maximum atomic E-state index is 13.8. The molecule has 0 aliphatic carbocycles. The lowest BCUT2D eigenvalue weighted by atomic mass is 10.00. The third-order valence-corrected chi connectivity index (χ3v) is 30.0. The number of aliphatic hydroxyl groups excluding tert-OH is 2. The smallest absolute Gasteiger partial charge is 0.432 e. The number of nitrogens with two attached hydrogens (primary N) is 5. The summed E-state index contributed by atoms with van der Waals surface area (Å²) in [5.74, 6) is -3.30. The van der Waals surface area contributed by atoms with E-state index in [0.29, 0.717) is 150 Å². The van der Waals surface area contributed by atoms with Gasteiger partial charge in [0.05, 0.1) is 6.61 Å². The number of benzene rings is 10. The molecule has 0 fully saturated rings. The second-order valence-electron chi connectivity index (χ2n) is 32.4. The normalized spacial score (nSPS) is 19.9. The van der Waals surface area contributed by atoms with Gasteiger partial charge in [-0.1, -0.05) is 271 Å². The van der Waals surface area contributed by atoms with Crippen LogP contribution < -0.4 is 28.7 Å². The fourth-order valence-electron chi connectivity index (χ4n) is 15.6. The van der Waals surface area contributed by atoms with Crippen molar-refractivity contribution >= 4 is 114 Å². The van der Waals surface area contributed by atoms with Crippen LogP contribution >= 0.6 is 58.8 Å². The quantitative estimate of drug-likeness (QED) is 0.0145. The molecule has 5 aliphatic heterocycles. The van der Waals surface area contributed by atoms with Gasteiger partial charge in [0.15, 0.2) is 0 Å². The number of rotatable bonds is 34. The summed E-state index contributed by atoms with van der Waals surface area (Å²) in [5.41, 5.74) is 36.5.